The van der Waals surface area contributed by atoms with Gasteiger partial charge in [0.2, 0.25) is 0 Å². The van der Waals surface area contributed by atoms with Gasteiger partial charge in [-0.05, 0) is 26.2 Å². The van der Waals surface area contributed by atoms with Crippen molar-refractivity contribution in [2.24, 2.45) is 0 Å². The summed E-state index contributed by atoms with van der Waals surface area (Å²) in [5.41, 5.74) is 0. The molecule has 1 rings (SSSR count). The molecular formula is C8H14O4. The quantitative estimate of drug-likeness (QED) is 0.693. The molecule has 0 aromatic heterocycles. The summed E-state index contributed by atoms with van der Waals surface area (Å²) in [5.74, 6) is -0.941. The molecule has 1 fully saturated rings. The van der Waals surface area contributed by atoms with Crippen LogP contribution in [0.15, 0.2) is 0 Å². The molecule has 4 heteroatoms. The SMILES string of the molecule is C[C@@H](OC1CCCCO1)C(=O)O. The molecule has 0 bridgehead atoms. The smallest absolute Gasteiger partial charge is 0.332 e. The number of carboxylic acids is 1. The van der Waals surface area contributed by atoms with Gasteiger partial charge in [-0.2, -0.15) is 0 Å². The van der Waals surface area contributed by atoms with Crippen LogP contribution in [0.3, 0.4) is 0 Å². The Morgan fingerprint density at radius 2 is 2.42 bits per heavy atom. The molecule has 0 aromatic rings. The highest BCUT2D eigenvalue weighted by atomic mass is 16.7. The van der Waals surface area contributed by atoms with Crippen molar-refractivity contribution in [3.8, 4) is 0 Å². The molecule has 4 nitrogen and oxygen atoms in total. The Morgan fingerprint density at radius 1 is 1.67 bits per heavy atom. The Hall–Kier alpha value is -0.610. The minimum atomic E-state index is -0.941. The van der Waals surface area contributed by atoms with Crippen molar-refractivity contribution in [2.45, 2.75) is 38.6 Å². The third-order valence-corrected chi connectivity index (χ3v) is 1.84. The maximum atomic E-state index is 10.4. The third kappa shape index (κ3) is 2.79. The zero-order chi connectivity index (χ0) is 8.97. The largest absolute Gasteiger partial charge is 0.479 e. The highest BCUT2D eigenvalue weighted by Gasteiger charge is 2.20. The maximum Gasteiger partial charge on any atom is 0.332 e. The molecule has 12 heavy (non-hydrogen) atoms. The lowest BCUT2D eigenvalue weighted by Gasteiger charge is -2.24. The molecule has 0 spiro atoms. The van der Waals surface area contributed by atoms with Gasteiger partial charge in [0.25, 0.3) is 0 Å². The number of carbonyl (C=O) groups is 1. The minimum absolute atomic E-state index is 0.315. The number of aliphatic carboxylic acids is 1. The molecule has 1 unspecified atom stereocenters. The Bertz CT molecular complexity index is 151. The summed E-state index contributed by atoms with van der Waals surface area (Å²) in [5, 5.41) is 8.53. The summed E-state index contributed by atoms with van der Waals surface area (Å²) >= 11 is 0. The van der Waals surface area contributed by atoms with Gasteiger partial charge in [-0.25, -0.2) is 4.79 Å². The number of ether oxygens (including phenoxy) is 2. The first-order valence-electron chi connectivity index (χ1n) is 4.20. The van der Waals surface area contributed by atoms with E-state index in [-0.39, 0.29) is 6.29 Å². The van der Waals surface area contributed by atoms with Gasteiger partial charge in [0.05, 0.1) is 0 Å². The first-order chi connectivity index (χ1) is 5.70. The first kappa shape index (κ1) is 9.48. The molecule has 0 aliphatic carbocycles. The predicted octanol–water partition coefficient (Wildman–Crippen LogP) is 1.00. The van der Waals surface area contributed by atoms with Crippen LogP contribution >= 0.6 is 0 Å². The van der Waals surface area contributed by atoms with Gasteiger partial charge >= 0.3 is 5.97 Å². The van der Waals surface area contributed by atoms with Crippen molar-refractivity contribution < 1.29 is 19.4 Å². The van der Waals surface area contributed by atoms with Crippen LogP contribution in [0.1, 0.15) is 26.2 Å². The van der Waals surface area contributed by atoms with Crippen molar-refractivity contribution in [2.75, 3.05) is 6.61 Å². The van der Waals surface area contributed by atoms with E-state index in [1.54, 1.807) is 0 Å². The maximum absolute atomic E-state index is 10.4. The van der Waals surface area contributed by atoms with Crippen LogP contribution in [-0.2, 0) is 14.3 Å². The van der Waals surface area contributed by atoms with Gasteiger partial charge in [0.1, 0.15) is 0 Å². The Balaban J connectivity index is 2.24. The molecule has 1 aliphatic rings. The van der Waals surface area contributed by atoms with Gasteiger partial charge in [-0.3, -0.25) is 0 Å². The summed E-state index contributed by atoms with van der Waals surface area (Å²) in [6, 6.07) is 0. The van der Waals surface area contributed by atoms with Crippen LogP contribution in [0.2, 0.25) is 0 Å². The lowest BCUT2D eigenvalue weighted by Crippen LogP contribution is -2.30. The second-order valence-corrected chi connectivity index (χ2v) is 2.91. The monoisotopic (exact) mass is 174 g/mol. The van der Waals surface area contributed by atoms with Gasteiger partial charge in [0, 0.05) is 6.61 Å². The molecule has 1 aliphatic heterocycles. The first-order valence-corrected chi connectivity index (χ1v) is 4.20. The highest BCUT2D eigenvalue weighted by molar-refractivity contribution is 5.71. The zero-order valence-electron chi connectivity index (χ0n) is 7.16. The number of hydrogen-bond acceptors (Lipinski definition) is 3. The molecule has 1 N–H and O–H groups in total. The summed E-state index contributed by atoms with van der Waals surface area (Å²) in [6.45, 7) is 2.19. The molecule has 1 saturated heterocycles. The Labute approximate surface area is 71.5 Å². The van der Waals surface area contributed by atoms with Crippen molar-refractivity contribution in [3.05, 3.63) is 0 Å². The molecule has 0 amide bonds. The van der Waals surface area contributed by atoms with E-state index in [2.05, 4.69) is 0 Å². The lowest BCUT2D eigenvalue weighted by molar-refractivity contribution is -0.197. The number of hydrogen-bond donors (Lipinski definition) is 1. The average Bonchev–Trinajstić information content (AvgIpc) is 2.06. The van der Waals surface area contributed by atoms with E-state index in [1.807, 2.05) is 0 Å². The van der Waals surface area contributed by atoms with Gasteiger partial charge in [-0.15, -0.1) is 0 Å². The normalized spacial score (nSPS) is 26.6. The van der Waals surface area contributed by atoms with E-state index in [0.29, 0.717) is 6.61 Å². The minimum Gasteiger partial charge on any atom is -0.479 e. The zero-order valence-corrected chi connectivity index (χ0v) is 7.16. The van der Waals surface area contributed by atoms with E-state index in [4.69, 9.17) is 14.6 Å². The molecule has 2 atom stereocenters. The summed E-state index contributed by atoms with van der Waals surface area (Å²) in [6.07, 6.45) is 1.81. The molecule has 0 saturated carbocycles. The van der Waals surface area contributed by atoms with Crippen LogP contribution < -0.4 is 0 Å². The van der Waals surface area contributed by atoms with Crippen molar-refractivity contribution in [3.63, 3.8) is 0 Å². The second-order valence-electron chi connectivity index (χ2n) is 2.91. The van der Waals surface area contributed by atoms with Crippen LogP contribution in [0.25, 0.3) is 0 Å². The van der Waals surface area contributed by atoms with Crippen molar-refractivity contribution in [1.29, 1.82) is 0 Å². The highest BCUT2D eigenvalue weighted by Crippen LogP contribution is 2.15. The fourth-order valence-corrected chi connectivity index (χ4v) is 1.10. The predicted molar refractivity (Wildman–Crippen MR) is 41.8 cm³/mol. The van der Waals surface area contributed by atoms with E-state index in [1.165, 1.54) is 6.92 Å². The third-order valence-electron chi connectivity index (χ3n) is 1.84. The lowest BCUT2D eigenvalue weighted by atomic mass is 10.2. The fourth-order valence-electron chi connectivity index (χ4n) is 1.10. The van der Waals surface area contributed by atoms with Gasteiger partial charge < -0.3 is 14.6 Å². The van der Waals surface area contributed by atoms with E-state index in [9.17, 15) is 4.79 Å². The fraction of sp³-hybridized carbons (Fsp3) is 0.875. The molecule has 70 valence electrons. The molecule has 1 heterocycles. The number of carboxylic acid groups (broad SMARTS) is 1. The Kier molecular flexibility index (Phi) is 3.49. The van der Waals surface area contributed by atoms with Crippen molar-refractivity contribution in [1.82, 2.24) is 0 Å². The average molecular weight is 174 g/mol. The van der Waals surface area contributed by atoms with Crippen LogP contribution in [0.5, 0.6) is 0 Å². The Morgan fingerprint density at radius 3 is 2.92 bits per heavy atom. The standard InChI is InChI=1S/C8H14O4/c1-6(8(9)10)12-7-4-2-3-5-11-7/h6-7H,2-5H2,1H3,(H,9,10)/t6-,7?/m1/s1. The molecular weight excluding hydrogens is 160 g/mol. The molecule has 0 radical (unpaired) electrons. The van der Waals surface area contributed by atoms with Crippen LogP contribution in [0.4, 0.5) is 0 Å². The topological polar surface area (TPSA) is 55.8 Å². The van der Waals surface area contributed by atoms with Crippen LogP contribution in [-0.4, -0.2) is 30.1 Å². The summed E-state index contributed by atoms with van der Waals surface area (Å²) in [7, 11) is 0. The van der Waals surface area contributed by atoms with E-state index >= 15 is 0 Å². The van der Waals surface area contributed by atoms with Gasteiger partial charge in [0.15, 0.2) is 12.4 Å². The van der Waals surface area contributed by atoms with Crippen LogP contribution in [0, 0.1) is 0 Å². The van der Waals surface area contributed by atoms with E-state index < -0.39 is 12.1 Å². The second kappa shape index (κ2) is 4.42. The van der Waals surface area contributed by atoms with E-state index in [0.717, 1.165) is 19.3 Å². The summed E-state index contributed by atoms with van der Waals surface area (Å²) < 4.78 is 10.3. The van der Waals surface area contributed by atoms with Gasteiger partial charge in [-0.1, -0.05) is 0 Å². The molecule has 0 aromatic carbocycles. The summed E-state index contributed by atoms with van der Waals surface area (Å²) in [4.78, 5) is 10.4. The number of rotatable bonds is 3. The van der Waals surface area contributed by atoms with Crippen molar-refractivity contribution >= 4 is 5.97 Å².